The lowest BCUT2D eigenvalue weighted by Gasteiger charge is -2.14. The number of hydrogen-bond donors (Lipinski definition) is 3. The summed E-state index contributed by atoms with van der Waals surface area (Å²) in [7, 11) is 0. The molecule has 0 saturated carbocycles. The van der Waals surface area contributed by atoms with Crippen LogP contribution in [0.3, 0.4) is 0 Å². The average molecular weight is 258 g/mol. The number of phenols is 1. The number of anilines is 1. The monoisotopic (exact) mass is 257 g/mol. The van der Waals surface area contributed by atoms with Gasteiger partial charge in [0.15, 0.2) is 0 Å². The average Bonchev–Trinajstić information content (AvgIpc) is 2.29. The van der Waals surface area contributed by atoms with E-state index >= 15 is 0 Å². The zero-order chi connectivity index (χ0) is 12.8. The minimum Gasteiger partial charge on any atom is -0.505 e. The molecule has 0 aliphatic rings. The van der Waals surface area contributed by atoms with E-state index in [1.54, 1.807) is 6.07 Å². The van der Waals surface area contributed by atoms with Crippen molar-refractivity contribution in [1.82, 2.24) is 0 Å². The smallest absolute Gasteiger partial charge is 0.144 e. The van der Waals surface area contributed by atoms with E-state index in [1.165, 1.54) is 6.07 Å². The van der Waals surface area contributed by atoms with Gasteiger partial charge < -0.3 is 15.9 Å². The van der Waals surface area contributed by atoms with Crippen LogP contribution in [-0.2, 0) is 0 Å². The Labute approximate surface area is 107 Å². The molecule has 1 atom stereocenters. The molecule has 0 radical (unpaired) electrons. The molecule has 1 aromatic carbocycles. The largest absolute Gasteiger partial charge is 0.505 e. The number of unbranched alkanes of at least 4 members (excludes halogenated alkanes) is 3. The van der Waals surface area contributed by atoms with Gasteiger partial charge in [0.25, 0.3) is 0 Å². The van der Waals surface area contributed by atoms with Crippen LogP contribution >= 0.6 is 11.6 Å². The molecule has 1 rings (SSSR count). The van der Waals surface area contributed by atoms with Crippen molar-refractivity contribution in [2.24, 2.45) is 0 Å². The molecule has 0 fully saturated rings. The van der Waals surface area contributed by atoms with Crippen molar-refractivity contribution in [3.63, 3.8) is 0 Å². The normalized spacial score (nSPS) is 12.6. The summed E-state index contributed by atoms with van der Waals surface area (Å²) in [5, 5.41) is 20.2. The Kier molecular flexibility index (Phi) is 5.59. The number of aliphatic hydroxyl groups is 1. The van der Waals surface area contributed by atoms with E-state index in [1.807, 2.05) is 0 Å². The van der Waals surface area contributed by atoms with Gasteiger partial charge in [0.1, 0.15) is 5.75 Å². The lowest BCUT2D eigenvalue weighted by Crippen LogP contribution is -2.00. The topological polar surface area (TPSA) is 66.5 Å². The van der Waals surface area contributed by atoms with Crippen molar-refractivity contribution in [1.29, 1.82) is 0 Å². The Morgan fingerprint density at radius 3 is 2.65 bits per heavy atom. The van der Waals surface area contributed by atoms with Crippen molar-refractivity contribution in [2.45, 2.75) is 45.1 Å². The third-order valence-electron chi connectivity index (χ3n) is 2.82. The fraction of sp³-hybridized carbons (Fsp3) is 0.538. The lowest BCUT2D eigenvalue weighted by molar-refractivity contribution is 0.160. The second kappa shape index (κ2) is 6.72. The zero-order valence-corrected chi connectivity index (χ0v) is 10.9. The van der Waals surface area contributed by atoms with Crippen molar-refractivity contribution in [3.8, 4) is 5.75 Å². The maximum absolute atomic E-state index is 9.98. The number of aliphatic hydroxyl groups excluding tert-OH is 1. The molecule has 96 valence electrons. The zero-order valence-electron chi connectivity index (χ0n) is 10.1. The minimum absolute atomic E-state index is 0.0580. The van der Waals surface area contributed by atoms with Gasteiger partial charge in [-0.05, 0) is 18.6 Å². The lowest BCUT2D eigenvalue weighted by atomic mass is 10.0. The Hall–Kier alpha value is -0.930. The number of aromatic hydroxyl groups is 1. The van der Waals surface area contributed by atoms with Gasteiger partial charge in [-0.25, -0.2) is 0 Å². The minimum atomic E-state index is -0.701. The molecule has 1 aromatic rings. The summed E-state index contributed by atoms with van der Waals surface area (Å²) in [6.45, 7) is 2.14. The highest BCUT2D eigenvalue weighted by Crippen LogP contribution is 2.35. The first-order valence-electron chi connectivity index (χ1n) is 6.02. The van der Waals surface area contributed by atoms with Crippen LogP contribution in [0.1, 0.15) is 50.7 Å². The highest BCUT2D eigenvalue weighted by molar-refractivity contribution is 6.31. The molecule has 17 heavy (non-hydrogen) atoms. The van der Waals surface area contributed by atoms with Gasteiger partial charge >= 0.3 is 0 Å². The van der Waals surface area contributed by atoms with Crippen LogP contribution in [0.5, 0.6) is 5.75 Å². The Morgan fingerprint density at radius 2 is 2.00 bits per heavy atom. The molecule has 0 bridgehead atoms. The summed E-state index contributed by atoms with van der Waals surface area (Å²) in [5.41, 5.74) is 6.22. The molecule has 3 nitrogen and oxygen atoms in total. The highest BCUT2D eigenvalue weighted by atomic mass is 35.5. The number of nitrogens with two attached hydrogens (primary N) is 1. The third kappa shape index (κ3) is 4.10. The van der Waals surface area contributed by atoms with E-state index in [4.69, 9.17) is 17.3 Å². The van der Waals surface area contributed by atoms with Gasteiger partial charge in [-0.2, -0.15) is 0 Å². The first kappa shape index (κ1) is 14.1. The van der Waals surface area contributed by atoms with Gasteiger partial charge in [0, 0.05) is 10.6 Å². The first-order valence-corrected chi connectivity index (χ1v) is 6.40. The third-order valence-corrected chi connectivity index (χ3v) is 3.04. The molecule has 4 heteroatoms. The van der Waals surface area contributed by atoms with Gasteiger partial charge in [-0.1, -0.05) is 44.2 Å². The molecule has 0 aromatic heterocycles. The maximum atomic E-state index is 9.98. The molecule has 0 aliphatic heterocycles. The van der Waals surface area contributed by atoms with Crippen LogP contribution in [-0.4, -0.2) is 10.2 Å². The van der Waals surface area contributed by atoms with Crippen LogP contribution < -0.4 is 5.73 Å². The molecular weight excluding hydrogens is 238 g/mol. The van der Waals surface area contributed by atoms with Crippen LogP contribution in [0.15, 0.2) is 12.1 Å². The van der Waals surface area contributed by atoms with E-state index in [0.717, 1.165) is 25.7 Å². The molecule has 0 aliphatic carbocycles. The fourth-order valence-corrected chi connectivity index (χ4v) is 2.05. The molecule has 0 spiro atoms. The van der Waals surface area contributed by atoms with Gasteiger partial charge in [0.2, 0.25) is 0 Å². The molecule has 0 saturated heterocycles. The van der Waals surface area contributed by atoms with E-state index < -0.39 is 6.10 Å². The second-order valence-electron chi connectivity index (χ2n) is 4.30. The molecular formula is C13H20ClNO2. The molecule has 0 amide bonds. The van der Waals surface area contributed by atoms with Crippen LogP contribution in [0.4, 0.5) is 5.69 Å². The van der Waals surface area contributed by atoms with Crippen molar-refractivity contribution in [2.75, 3.05) is 5.73 Å². The summed E-state index contributed by atoms with van der Waals surface area (Å²) in [6, 6.07) is 3.04. The van der Waals surface area contributed by atoms with Crippen molar-refractivity contribution in [3.05, 3.63) is 22.7 Å². The van der Waals surface area contributed by atoms with Crippen molar-refractivity contribution >= 4 is 17.3 Å². The SMILES string of the molecule is CCCCCCC(O)c1cc(Cl)cc(N)c1O. The van der Waals surface area contributed by atoms with Crippen molar-refractivity contribution < 1.29 is 10.2 Å². The van der Waals surface area contributed by atoms with Gasteiger partial charge in [-0.15, -0.1) is 0 Å². The number of benzene rings is 1. The van der Waals surface area contributed by atoms with E-state index in [-0.39, 0.29) is 11.4 Å². The summed E-state index contributed by atoms with van der Waals surface area (Å²) in [6.07, 6.45) is 4.26. The number of nitrogen functional groups attached to an aromatic ring is 1. The van der Waals surface area contributed by atoms with Crippen LogP contribution in [0, 0.1) is 0 Å². The standard InChI is InChI=1S/C13H20ClNO2/c1-2-3-4-5-6-12(16)10-7-9(14)8-11(15)13(10)17/h7-8,12,16-17H,2-6,15H2,1H3. The maximum Gasteiger partial charge on any atom is 0.144 e. The van der Waals surface area contributed by atoms with Crippen LogP contribution in [0.25, 0.3) is 0 Å². The fourth-order valence-electron chi connectivity index (χ4n) is 1.82. The summed E-state index contributed by atoms with van der Waals surface area (Å²) >= 11 is 5.85. The number of hydrogen-bond acceptors (Lipinski definition) is 3. The van der Waals surface area contributed by atoms with Gasteiger partial charge in [-0.3, -0.25) is 0 Å². The molecule has 0 heterocycles. The second-order valence-corrected chi connectivity index (χ2v) is 4.73. The summed E-state index contributed by atoms with van der Waals surface area (Å²) in [5.74, 6) is -0.0580. The first-order chi connectivity index (χ1) is 8.06. The van der Waals surface area contributed by atoms with Crippen LogP contribution in [0.2, 0.25) is 5.02 Å². The Bertz CT molecular complexity index is 369. The predicted molar refractivity (Wildman–Crippen MR) is 71.2 cm³/mol. The van der Waals surface area contributed by atoms with E-state index in [2.05, 4.69) is 6.92 Å². The number of rotatable bonds is 6. The molecule has 4 N–H and O–H groups in total. The van der Waals surface area contributed by atoms with E-state index in [9.17, 15) is 10.2 Å². The summed E-state index contributed by atoms with van der Waals surface area (Å²) < 4.78 is 0. The highest BCUT2D eigenvalue weighted by Gasteiger charge is 2.15. The molecule has 1 unspecified atom stereocenters. The number of phenolic OH excluding ortho intramolecular Hbond substituents is 1. The Morgan fingerprint density at radius 1 is 1.29 bits per heavy atom. The van der Waals surface area contributed by atoms with Gasteiger partial charge in [0.05, 0.1) is 11.8 Å². The predicted octanol–water partition coefficient (Wildman–Crippen LogP) is 3.63. The summed E-state index contributed by atoms with van der Waals surface area (Å²) in [4.78, 5) is 0. The Balaban J connectivity index is 2.65. The number of halogens is 1. The van der Waals surface area contributed by atoms with E-state index in [0.29, 0.717) is 17.0 Å². The quantitative estimate of drug-likeness (QED) is 0.414.